The first-order valence-corrected chi connectivity index (χ1v) is 3.20. The molecule has 0 saturated heterocycles. The van der Waals surface area contributed by atoms with Crippen LogP contribution in [-0.4, -0.2) is 18.1 Å². The fourth-order valence-electron chi connectivity index (χ4n) is 1.07. The molecule has 4 heteroatoms. The van der Waals surface area contributed by atoms with Crippen molar-refractivity contribution in [2.24, 2.45) is 4.99 Å². The first kappa shape index (κ1) is 9.56. The van der Waals surface area contributed by atoms with Crippen molar-refractivity contribution in [3.05, 3.63) is 0 Å². The molecular weight excluding hydrogens is 152 g/mol. The molecule has 3 nitrogen and oxygen atoms in total. The van der Waals surface area contributed by atoms with Gasteiger partial charge in [-0.15, -0.1) is 0 Å². The molecule has 0 radical (unpaired) electrons. The lowest BCUT2D eigenvalue weighted by molar-refractivity contribution is -0.224. The SMILES string of the molecule is CC1CC(C)NC([O-])=N1.[Cl-]. The topological polar surface area (TPSA) is 47.4 Å². The Labute approximate surface area is 67.0 Å². The Morgan fingerprint density at radius 3 is 2.60 bits per heavy atom. The number of hydrogen-bond donors (Lipinski definition) is 1. The van der Waals surface area contributed by atoms with Gasteiger partial charge in [0.25, 0.3) is 0 Å². The van der Waals surface area contributed by atoms with Crippen LogP contribution in [0.2, 0.25) is 0 Å². The van der Waals surface area contributed by atoms with Crippen LogP contribution in [0.1, 0.15) is 20.3 Å². The molecule has 1 N–H and O–H groups in total. The largest absolute Gasteiger partial charge is 1.00 e. The van der Waals surface area contributed by atoms with Gasteiger partial charge in [-0.2, -0.15) is 0 Å². The molecule has 0 aliphatic carbocycles. The summed E-state index contributed by atoms with van der Waals surface area (Å²) in [5.41, 5.74) is 0. The molecule has 1 rings (SSSR count). The van der Waals surface area contributed by atoms with Crippen LogP contribution in [0.15, 0.2) is 4.99 Å². The zero-order valence-electron chi connectivity index (χ0n) is 6.10. The van der Waals surface area contributed by atoms with Gasteiger partial charge >= 0.3 is 0 Å². The Kier molecular flexibility index (Phi) is 3.50. The van der Waals surface area contributed by atoms with Crippen molar-refractivity contribution in [2.45, 2.75) is 32.4 Å². The summed E-state index contributed by atoms with van der Waals surface area (Å²) in [4.78, 5) is 3.78. The van der Waals surface area contributed by atoms with Crippen molar-refractivity contribution in [1.82, 2.24) is 5.32 Å². The summed E-state index contributed by atoms with van der Waals surface area (Å²) in [6.45, 7) is 3.94. The molecule has 0 fully saturated rings. The van der Waals surface area contributed by atoms with Crippen LogP contribution in [0.25, 0.3) is 0 Å². The number of aliphatic imine (C=N–C) groups is 1. The monoisotopic (exact) mass is 162 g/mol. The highest BCUT2D eigenvalue weighted by molar-refractivity contribution is 5.69. The Hall–Kier alpha value is -0.440. The first-order valence-electron chi connectivity index (χ1n) is 3.20. The maximum Gasteiger partial charge on any atom is 0.0501 e. The zero-order valence-corrected chi connectivity index (χ0v) is 6.85. The van der Waals surface area contributed by atoms with E-state index in [4.69, 9.17) is 0 Å². The van der Waals surface area contributed by atoms with E-state index >= 15 is 0 Å². The molecule has 2 atom stereocenters. The van der Waals surface area contributed by atoms with Crippen LogP contribution in [-0.2, 0) is 0 Å². The molecule has 1 heterocycles. The molecule has 10 heavy (non-hydrogen) atoms. The van der Waals surface area contributed by atoms with Gasteiger partial charge in [-0.25, -0.2) is 0 Å². The molecule has 0 aromatic heterocycles. The smallest absolute Gasteiger partial charge is 0.0501 e. The van der Waals surface area contributed by atoms with Gasteiger partial charge in [-0.1, -0.05) is 0 Å². The third-order valence-electron chi connectivity index (χ3n) is 1.40. The molecule has 0 aromatic rings. The summed E-state index contributed by atoms with van der Waals surface area (Å²) in [6, 6.07) is 0.333. The summed E-state index contributed by atoms with van der Waals surface area (Å²) in [5.74, 6) is 0. The Balaban J connectivity index is 0.000000810. The predicted molar refractivity (Wildman–Crippen MR) is 34.1 cm³/mol. The Morgan fingerprint density at radius 1 is 1.60 bits per heavy atom. The minimum absolute atomic E-state index is 0. The molecule has 1 aliphatic rings. The van der Waals surface area contributed by atoms with Gasteiger partial charge < -0.3 is 22.8 Å². The summed E-state index contributed by atoms with van der Waals surface area (Å²) >= 11 is 0. The van der Waals surface area contributed by atoms with E-state index in [1.54, 1.807) is 0 Å². The first-order chi connectivity index (χ1) is 4.18. The lowest BCUT2D eigenvalue weighted by Crippen LogP contribution is -3.00. The van der Waals surface area contributed by atoms with Crippen LogP contribution in [0.3, 0.4) is 0 Å². The molecule has 0 bridgehead atoms. The third-order valence-corrected chi connectivity index (χ3v) is 1.40. The number of nitrogens with zero attached hydrogens (tertiary/aromatic N) is 1. The normalized spacial score (nSPS) is 31.6. The number of rotatable bonds is 0. The van der Waals surface area contributed by atoms with Crippen molar-refractivity contribution in [3.63, 3.8) is 0 Å². The summed E-state index contributed by atoms with van der Waals surface area (Å²) in [5, 5.41) is 13.3. The molecular formula is C6H11ClN2O-2. The zero-order chi connectivity index (χ0) is 6.85. The van der Waals surface area contributed by atoms with Crippen LogP contribution in [0, 0.1) is 0 Å². The van der Waals surface area contributed by atoms with Crippen molar-refractivity contribution in [3.8, 4) is 0 Å². The van der Waals surface area contributed by atoms with E-state index < -0.39 is 0 Å². The fraction of sp³-hybridized carbons (Fsp3) is 0.833. The van der Waals surface area contributed by atoms with Crippen LogP contribution < -0.4 is 22.8 Å². The van der Waals surface area contributed by atoms with E-state index in [0.29, 0.717) is 6.04 Å². The van der Waals surface area contributed by atoms with Gasteiger partial charge in [-0.3, -0.25) is 4.99 Å². The minimum Gasteiger partial charge on any atom is -1.00 e. The molecule has 2 unspecified atom stereocenters. The van der Waals surface area contributed by atoms with Crippen molar-refractivity contribution < 1.29 is 17.5 Å². The summed E-state index contributed by atoms with van der Waals surface area (Å²) in [7, 11) is 0. The average Bonchev–Trinajstić information content (AvgIpc) is 1.59. The second-order valence-electron chi connectivity index (χ2n) is 2.56. The fourth-order valence-corrected chi connectivity index (χ4v) is 1.07. The summed E-state index contributed by atoms with van der Waals surface area (Å²) < 4.78 is 0. The molecule has 0 amide bonds. The van der Waals surface area contributed by atoms with Crippen LogP contribution >= 0.6 is 0 Å². The maximum absolute atomic E-state index is 10.6. The second kappa shape index (κ2) is 3.66. The highest BCUT2D eigenvalue weighted by Gasteiger charge is 2.10. The molecule has 1 aliphatic heterocycles. The van der Waals surface area contributed by atoms with Crippen LogP contribution in [0.4, 0.5) is 0 Å². The van der Waals surface area contributed by atoms with Crippen LogP contribution in [0.5, 0.6) is 0 Å². The average molecular weight is 163 g/mol. The highest BCUT2D eigenvalue weighted by Crippen LogP contribution is 2.04. The number of hydrogen-bond acceptors (Lipinski definition) is 3. The molecule has 0 saturated carbocycles. The van der Waals surface area contributed by atoms with Crippen molar-refractivity contribution in [1.29, 1.82) is 0 Å². The van der Waals surface area contributed by atoms with E-state index in [9.17, 15) is 5.11 Å². The standard InChI is InChI=1S/C6H12N2O.ClH/c1-4-3-5(2)8-6(9)7-4;/h4-5H,3H2,1-2H3,(H2,7,8,9);1H/p-2. The summed E-state index contributed by atoms with van der Waals surface area (Å²) in [6.07, 6.45) is 0.964. The lowest BCUT2D eigenvalue weighted by Gasteiger charge is -2.27. The van der Waals surface area contributed by atoms with Crippen molar-refractivity contribution in [2.75, 3.05) is 0 Å². The van der Waals surface area contributed by atoms with Gasteiger partial charge in [0.15, 0.2) is 0 Å². The second-order valence-corrected chi connectivity index (χ2v) is 2.56. The van der Waals surface area contributed by atoms with Gasteiger partial charge in [0.2, 0.25) is 0 Å². The number of halogens is 1. The number of nitrogens with one attached hydrogen (secondary N) is 1. The van der Waals surface area contributed by atoms with Gasteiger partial charge in [0.1, 0.15) is 0 Å². The lowest BCUT2D eigenvalue weighted by atomic mass is 10.1. The van der Waals surface area contributed by atoms with Gasteiger partial charge in [0, 0.05) is 12.1 Å². The van der Waals surface area contributed by atoms with Crippen molar-refractivity contribution >= 4 is 6.02 Å². The third kappa shape index (κ3) is 2.43. The number of amidine groups is 1. The Bertz CT molecular complexity index is 138. The van der Waals surface area contributed by atoms with Gasteiger partial charge in [0.05, 0.1) is 6.04 Å². The predicted octanol–water partition coefficient (Wildman–Crippen LogP) is -3.52. The highest BCUT2D eigenvalue weighted by atomic mass is 35.5. The van der Waals surface area contributed by atoms with E-state index in [1.807, 2.05) is 13.8 Å². The van der Waals surface area contributed by atoms with E-state index in [1.165, 1.54) is 0 Å². The molecule has 0 spiro atoms. The quantitative estimate of drug-likeness (QED) is 0.402. The molecule has 60 valence electrons. The minimum atomic E-state index is -0.166. The van der Waals surface area contributed by atoms with E-state index in [-0.39, 0.29) is 24.5 Å². The van der Waals surface area contributed by atoms with Gasteiger partial charge in [-0.05, 0) is 20.3 Å². The Morgan fingerprint density at radius 2 is 2.20 bits per heavy atom. The van der Waals surface area contributed by atoms with E-state index in [2.05, 4.69) is 10.3 Å². The van der Waals surface area contributed by atoms with E-state index in [0.717, 1.165) is 6.42 Å². The maximum atomic E-state index is 10.6. The molecule has 0 aromatic carbocycles.